The van der Waals surface area contributed by atoms with E-state index < -0.39 is 11.9 Å². The topological polar surface area (TPSA) is 75.8 Å². The van der Waals surface area contributed by atoms with Crippen LogP contribution in [0.25, 0.3) is 0 Å². The van der Waals surface area contributed by atoms with Crippen LogP contribution in [-0.4, -0.2) is 0 Å². The van der Waals surface area contributed by atoms with Gasteiger partial charge in [0.05, 0.1) is 12.5 Å². The van der Waals surface area contributed by atoms with Crippen LogP contribution >= 0.6 is 0 Å². The van der Waals surface area contributed by atoms with Crippen LogP contribution in [0.2, 0.25) is 0 Å². The molecule has 0 bridgehead atoms. The second kappa shape index (κ2) is 3.87. The van der Waals surface area contributed by atoms with Crippen molar-refractivity contribution < 1.29 is 4.39 Å². The summed E-state index contributed by atoms with van der Waals surface area (Å²) in [5.41, 5.74) is 12.1. The Morgan fingerprint density at radius 1 is 1.54 bits per heavy atom. The van der Waals surface area contributed by atoms with Gasteiger partial charge in [0.1, 0.15) is 5.82 Å². The summed E-state index contributed by atoms with van der Waals surface area (Å²) in [7, 11) is 0. The van der Waals surface area contributed by atoms with E-state index in [0.717, 1.165) is 0 Å². The van der Waals surface area contributed by atoms with E-state index in [2.05, 4.69) is 0 Å². The van der Waals surface area contributed by atoms with Crippen molar-refractivity contribution in [3.63, 3.8) is 0 Å². The number of nitrogens with zero attached hydrogens (tertiary/aromatic N) is 1. The number of hydrogen-bond donors (Lipinski definition) is 2. The molecule has 1 aromatic rings. The number of halogens is 1. The largest absolute Gasteiger partial charge is 0.398 e. The SMILES string of the molecule is N#CC[C@@H](N)c1cc(F)ccc1N. The van der Waals surface area contributed by atoms with Gasteiger partial charge < -0.3 is 11.5 Å². The maximum Gasteiger partial charge on any atom is 0.123 e. The lowest BCUT2D eigenvalue weighted by molar-refractivity contribution is 0.620. The first kappa shape index (κ1) is 9.49. The lowest BCUT2D eigenvalue weighted by Crippen LogP contribution is -2.11. The zero-order chi connectivity index (χ0) is 9.84. The Kier molecular flexibility index (Phi) is 2.83. The quantitative estimate of drug-likeness (QED) is 0.672. The van der Waals surface area contributed by atoms with Gasteiger partial charge in [-0.1, -0.05) is 0 Å². The summed E-state index contributed by atoms with van der Waals surface area (Å²) in [4.78, 5) is 0. The van der Waals surface area contributed by atoms with Crippen LogP contribution in [-0.2, 0) is 0 Å². The van der Waals surface area contributed by atoms with Crippen molar-refractivity contribution in [1.82, 2.24) is 0 Å². The van der Waals surface area contributed by atoms with Gasteiger partial charge in [-0.05, 0) is 23.8 Å². The molecule has 1 atom stereocenters. The van der Waals surface area contributed by atoms with E-state index in [1.807, 2.05) is 6.07 Å². The van der Waals surface area contributed by atoms with E-state index in [9.17, 15) is 4.39 Å². The van der Waals surface area contributed by atoms with Crippen molar-refractivity contribution in [3.05, 3.63) is 29.6 Å². The summed E-state index contributed by atoms with van der Waals surface area (Å²) >= 11 is 0. The molecule has 0 spiro atoms. The molecule has 0 aliphatic heterocycles. The van der Waals surface area contributed by atoms with E-state index in [0.29, 0.717) is 11.3 Å². The van der Waals surface area contributed by atoms with Crippen LogP contribution in [0.5, 0.6) is 0 Å². The van der Waals surface area contributed by atoms with Crippen molar-refractivity contribution in [2.75, 3.05) is 5.73 Å². The molecule has 1 rings (SSSR count). The third-order valence-electron chi connectivity index (χ3n) is 1.76. The molecule has 0 unspecified atom stereocenters. The summed E-state index contributed by atoms with van der Waals surface area (Å²) in [6, 6.07) is 5.37. The van der Waals surface area contributed by atoms with Crippen LogP contribution in [0.3, 0.4) is 0 Å². The first-order valence-corrected chi connectivity index (χ1v) is 3.82. The molecule has 0 aromatic heterocycles. The van der Waals surface area contributed by atoms with Crippen LogP contribution in [0.4, 0.5) is 10.1 Å². The molecule has 3 nitrogen and oxygen atoms in total. The molecule has 0 radical (unpaired) electrons. The average Bonchev–Trinajstić information content (AvgIpc) is 2.09. The Hall–Kier alpha value is -1.60. The second-order valence-electron chi connectivity index (χ2n) is 2.74. The van der Waals surface area contributed by atoms with E-state index in [4.69, 9.17) is 16.7 Å². The van der Waals surface area contributed by atoms with E-state index >= 15 is 0 Å². The molecule has 13 heavy (non-hydrogen) atoms. The summed E-state index contributed by atoms with van der Waals surface area (Å²) in [5, 5.41) is 8.39. The Morgan fingerprint density at radius 2 is 2.23 bits per heavy atom. The number of hydrogen-bond acceptors (Lipinski definition) is 3. The van der Waals surface area contributed by atoms with Gasteiger partial charge in [0.2, 0.25) is 0 Å². The molecule has 0 saturated carbocycles. The number of nitrogen functional groups attached to an aromatic ring is 1. The number of anilines is 1. The van der Waals surface area contributed by atoms with Crippen LogP contribution < -0.4 is 11.5 Å². The highest BCUT2D eigenvalue weighted by Crippen LogP contribution is 2.21. The maximum absolute atomic E-state index is 12.8. The van der Waals surface area contributed by atoms with Gasteiger partial charge in [0.15, 0.2) is 0 Å². The zero-order valence-corrected chi connectivity index (χ0v) is 7.00. The minimum Gasteiger partial charge on any atom is -0.398 e. The van der Waals surface area contributed by atoms with E-state index in [1.54, 1.807) is 0 Å². The van der Waals surface area contributed by atoms with E-state index in [1.165, 1.54) is 18.2 Å². The number of rotatable bonds is 2. The highest BCUT2D eigenvalue weighted by atomic mass is 19.1. The molecule has 0 aliphatic rings. The van der Waals surface area contributed by atoms with E-state index in [-0.39, 0.29) is 6.42 Å². The molecular weight excluding hydrogens is 169 g/mol. The summed E-state index contributed by atoms with van der Waals surface area (Å²) in [5.74, 6) is -0.391. The standard InChI is InChI=1S/C9H10FN3/c10-6-1-2-8(12)7(5-6)9(13)3-4-11/h1-2,5,9H,3,12-13H2/t9-/m1/s1. The van der Waals surface area contributed by atoms with Crippen LogP contribution in [0.15, 0.2) is 18.2 Å². The second-order valence-corrected chi connectivity index (χ2v) is 2.74. The molecule has 0 fully saturated rings. The van der Waals surface area contributed by atoms with Gasteiger partial charge in [-0.25, -0.2) is 4.39 Å². The molecule has 0 amide bonds. The number of nitrogens with two attached hydrogens (primary N) is 2. The van der Waals surface area contributed by atoms with Crippen molar-refractivity contribution in [3.8, 4) is 6.07 Å². The molecule has 0 saturated heterocycles. The lowest BCUT2D eigenvalue weighted by Gasteiger charge is -2.10. The molecule has 68 valence electrons. The fraction of sp³-hybridized carbons (Fsp3) is 0.222. The lowest BCUT2D eigenvalue weighted by atomic mass is 10.0. The predicted molar refractivity (Wildman–Crippen MR) is 48.0 cm³/mol. The first-order chi connectivity index (χ1) is 6.15. The fourth-order valence-electron chi connectivity index (χ4n) is 1.08. The van der Waals surface area contributed by atoms with Gasteiger partial charge in [0.25, 0.3) is 0 Å². The van der Waals surface area contributed by atoms with Crippen molar-refractivity contribution in [2.24, 2.45) is 5.73 Å². The third kappa shape index (κ3) is 2.17. The normalized spacial score (nSPS) is 12.1. The van der Waals surface area contributed by atoms with Gasteiger partial charge in [-0.3, -0.25) is 0 Å². The van der Waals surface area contributed by atoms with Crippen molar-refractivity contribution in [1.29, 1.82) is 5.26 Å². The molecule has 4 heteroatoms. The average molecular weight is 179 g/mol. The highest BCUT2D eigenvalue weighted by molar-refractivity contribution is 5.48. The third-order valence-corrected chi connectivity index (χ3v) is 1.76. The van der Waals surface area contributed by atoms with Gasteiger partial charge in [0, 0.05) is 11.7 Å². The minimum atomic E-state index is -0.513. The minimum absolute atomic E-state index is 0.133. The monoisotopic (exact) mass is 179 g/mol. The highest BCUT2D eigenvalue weighted by Gasteiger charge is 2.09. The van der Waals surface area contributed by atoms with Crippen LogP contribution in [0, 0.1) is 17.1 Å². The summed E-state index contributed by atoms with van der Waals surface area (Å²) < 4.78 is 12.8. The molecule has 0 aliphatic carbocycles. The van der Waals surface area contributed by atoms with Crippen molar-refractivity contribution in [2.45, 2.75) is 12.5 Å². The number of benzene rings is 1. The molecule has 0 heterocycles. The predicted octanol–water partition coefficient (Wildman–Crippen LogP) is 1.32. The molecular formula is C9H10FN3. The van der Waals surface area contributed by atoms with Gasteiger partial charge in [-0.15, -0.1) is 0 Å². The zero-order valence-electron chi connectivity index (χ0n) is 7.00. The Balaban J connectivity index is 3.00. The fourth-order valence-corrected chi connectivity index (χ4v) is 1.08. The molecule has 1 aromatic carbocycles. The molecule has 4 N–H and O–H groups in total. The number of nitriles is 1. The van der Waals surface area contributed by atoms with Gasteiger partial charge >= 0.3 is 0 Å². The first-order valence-electron chi connectivity index (χ1n) is 3.82. The summed E-state index contributed by atoms with van der Waals surface area (Å²) in [6.07, 6.45) is 0.133. The smallest absolute Gasteiger partial charge is 0.123 e. The summed E-state index contributed by atoms with van der Waals surface area (Å²) in [6.45, 7) is 0. The maximum atomic E-state index is 12.8. The van der Waals surface area contributed by atoms with Crippen molar-refractivity contribution >= 4 is 5.69 Å². The van der Waals surface area contributed by atoms with Gasteiger partial charge in [-0.2, -0.15) is 5.26 Å². The Labute approximate surface area is 75.8 Å². The Bertz CT molecular complexity index is 343. The Morgan fingerprint density at radius 3 is 2.85 bits per heavy atom. The van der Waals surface area contributed by atoms with Crippen LogP contribution in [0.1, 0.15) is 18.0 Å².